The lowest BCUT2D eigenvalue weighted by atomic mass is 10.00. The summed E-state index contributed by atoms with van der Waals surface area (Å²) in [5, 5.41) is 22.7. The van der Waals surface area contributed by atoms with Crippen molar-refractivity contribution in [1.82, 2.24) is 9.78 Å². The Kier molecular flexibility index (Phi) is 7.02. The Hall–Kier alpha value is -4.02. The molecule has 1 aromatic carbocycles. The van der Waals surface area contributed by atoms with Crippen molar-refractivity contribution in [2.45, 2.75) is 19.4 Å². The Morgan fingerprint density at radius 2 is 2.03 bits per heavy atom. The molecule has 7 heteroatoms. The number of nitrogens with two attached hydrogens (primary N) is 1. The van der Waals surface area contributed by atoms with Crippen LogP contribution in [0.3, 0.4) is 0 Å². The molecule has 0 saturated heterocycles. The van der Waals surface area contributed by atoms with Gasteiger partial charge in [-0.2, -0.15) is 15.3 Å². The second-order valence-corrected chi connectivity index (χ2v) is 6.31. The number of amides is 1. The van der Waals surface area contributed by atoms with Crippen molar-refractivity contribution in [1.29, 1.82) is 0 Å². The van der Waals surface area contributed by atoms with Gasteiger partial charge in [0.15, 0.2) is 11.3 Å². The second kappa shape index (κ2) is 9.45. The van der Waals surface area contributed by atoms with Gasteiger partial charge >= 0.3 is 0 Å². The summed E-state index contributed by atoms with van der Waals surface area (Å²) in [5.74, 6) is 4.99. The van der Waals surface area contributed by atoms with Crippen LogP contribution in [0.2, 0.25) is 0 Å². The number of allylic oxidation sites excluding steroid dienone is 5. The number of hydrogen-bond acceptors (Lipinski definition) is 5. The van der Waals surface area contributed by atoms with Crippen molar-refractivity contribution in [2.75, 3.05) is 0 Å². The molecule has 1 aromatic heterocycles. The summed E-state index contributed by atoms with van der Waals surface area (Å²) in [6, 6.07) is 7.28. The quantitative estimate of drug-likeness (QED) is 0.322. The van der Waals surface area contributed by atoms with E-state index in [1.165, 1.54) is 13.0 Å². The fraction of sp³-hybridized carbons (Fsp3) is 0.130. The maximum atomic E-state index is 11.8. The molecule has 0 radical (unpaired) electrons. The third-order valence-electron chi connectivity index (χ3n) is 4.21. The van der Waals surface area contributed by atoms with E-state index in [1.807, 2.05) is 31.2 Å². The number of aromatic nitrogens is 2. The number of primary amides is 1. The number of nitrogens with zero attached hydrogens (tertiary/aromatic N) is 4. The average Bonchev–Trinajstić information content (AvgIpc) is 3.12. The van der Waals surface area contributed by atoms with Gasteiger partial charge in [-0.25, -0.2) is 4.68 Å². The predicted octanol–water partition coefficient (Wildman–Crippen LogP) is 3.11. The zero-order valence-corrected chi connectivity index (χ0v) is 17.0. The average molecular weight is 401 g/mol. The van der Waals surface area contributed by atoms with E-state index in [2.05, 4.69) is 47.0 Å². The van der Waals surface area contributed by atoms with Crippen LogP contribution in [0.15, 0.2) is 77.5 Å². The van der Waals surface area contributed by atoms with Crippen LogP contribution in [0.1, 0.15) is 24.3 Å². The number of benzene rings is 1. The molecule has 152 valence electrons. The number of fused-ring (bicyclic) bond motifs is 1. The zero-order valence-electron chi connectivity index (χ0n) is 17.0. The monoisotopic (exact) mass is 401 g/mol. The topological polar surface area (TPSA) is 106 Å². The summed E-state index contributed by atoms with van der Waals surface area (Å²) < 4.78 is 1.61. The number of carbonyl (C=O) groups excluding carboxylic acids is 1. The largest absolute Gasteiger partial charge is 0.372 e. The lowest BCUT2D eigenvalue weighted by Crippen LogP contribution is -2.31. The molecule has 0 spiro atoms. The molecule has 2 rings (SSSR count). The minimum absolute atomic E-state index is 0.170. The van der Waals surface area contributed by atoms with Crippen LogP contribution >= 0.6 is 0 Å². The number of para-hydroxylation sites is 1. The lowest BCUT2D eigenvalue weighted by molar-refractivity contribution is 0.0996. The molecule has 0 saturated carbocycles. The highest BCUT2D eigenvalue weighted by molar-refractivity contribution is 6.05. The summed E-state index contributed by atoms with van der Waals surface area (Å²) >= 11 is 0. The molecule has 0 aliphatic rings. The van der Waals surface area contributed by atoms with Gasteiger partial charge in [0.2, 0.25) is 0 Å². The Morgan fingerprint density at radius 3 is 2.60 bits per heavy atom. The molecule has 1 atom stereocenters. The van der Waals surface area contributed by atoms with Gasteiger partial charge in [0.05, 0.1) is 11.2 Å². The third-order valence-corrected chi connectivity index (χ3v) is 4.21. The summed E-state index contributed by atoms with van der Waals surface area (Å²) in [4.78, 5) is 11.8. The first-order chi connectivity index (χ1) is 14.3. The minimum atomic E-state index is -1.58. The Bertz CT molecular complexity index is 1170. The standard InChI is InChI=1S/C23H23N5O2/c1-6-16(13-14-23(4,30)20(8-3)26-25-5)15-17(7-2)28-19-12-10-9-11-18(19)21(27-28)22(24)29/h6-12,15,30H,1,3,5H2,2,4H3,(H2,24,29)/b16-15+,17-7+,26-20+/t23-/m1/s1. The maximum Gasteiger partial charge on any atom is 0.269 e. The first-order valence-corrected chi connectivity index (χ1v) is 8.99. The first-order valence-electron chi connectivity index (χ1n) is 8.99. The summed E-state index contributed by atoms with van der Waals surface area (Å²) in [6.45, 7) is 14.0. The van der Waals surface area contributed by atoms with Gasteiger partial charge in [0, 0.05) is 17.7 Å². The predicted molar refractivity (Wildman–Crippen MR) is 122 cm³/mol. The van der Waals surface area contributed by atoms with Crippen molar-refractivity contribution in [3.05, 3.63) is 73.0 Å². The van der Waals surface area contributed by atoms with E-state index in [9.17, 15) is 9.90 Å². The number of rotatable bonds is 7. The van der Waals surface area contributed by atoms with Crippen molar-refractivity contribution in [2.24, 2.45) is 15.9 Å². The van der Waals surface area contributed by atoms with E-state index in [0.717, 1.165) is 5.52 Å². The number of aliphatic hydroxyl groups is 1. The van der Waals surface area contributed by atoms with Gasteiger partial charge in [-0.1, -0.05) is 55.3 Å². The summed E-state index contributed by atoms with van der Waals surface area (Å²) in [6.07, 6.45) is 6.45. The van der Waals surface area contributed by atoms with Crippen LogP contribution in [0.4, 0.5) is 0 Å². The summed E-state index contributed by atoms with van der Waals surface area (Å²) in [7, 11) is 0. The van der Waals surface area contributed by atoms with Crippen molar-refractivity contribution < 1.29 is 9.90 Å². The molecule has 1 heterocycles. The molecule has 7 nitrogen and oxygen atoms in total. The molecule has 2 aromatic rings. The van der Waals surface area contributed by atoms with Crippen molar-refractivity contribution >= 4 is 34.9 Å². The molecular formula is C23H23N5O2. The normalized spacial score (nSPS) is 14.4. The van der Waals surface area contributed by atoms with E-state index >= 15 is 0 Å². The highest BCUT2D eigenvalue weighted by Crippen LogP contribution is 2.22. The Morgan fingerprint density at radius 1 is 1.33 bits per heavy atom. The molecular weight excluding hydrogens is 378 g/mol. The van der Waals surface area contributed by atoms with Crippen molar-refractivity contribution in [3.8, 4) is 11.8 Å². The third kappa shape index (κ3) is 4.69. The SMILES string of the molecule is C=C/C(C#C[C@@](C)(O)/C(C=C)=N/N=C)=C\C(=C/C)n1nc(C(N)=O)c2ccccc21. The van der Waals surface area contributed by atoms with Crippen LogP contribution in [-0.4, -0.2) is 38.8 Å². The van der Waals surface area contributed by atoms with Gasteiger partial charge < -0.3 is 10.8 Å². The zero-order chi connectivity index (χ0) is 22.3. The Balaban J connectivity index is 2.56. The number of hydrogen-bond donors (Lipinski definition) is 2. The fourth-order valence-corrected chi connectivity index (χ4v) is 2.69. The van der Waals surface area contributed by atoms with Gasteiger partial charge in [0.25, 0.3) is 5.91 Å². The first kappa shape index (κ1) is 22.3. The number of carbonyl (C=O) groups is 1. The molecule has 0 aliphatic heterocycles. The molecule has 0 unspecified atom stereocenters. The van der Waals surface area contributed by atoms with E-state index in [-0.39, 0.29) is 11.4 Å². The minimum Gasteiger partial charge on any atom is -0.372 e. The smallest absolute Gasteiger partial charge is 0.269 e. The van der Waals surface area contributed by atoms with Gasteiger partial charge in [-0.15, -0.1) is 0 Å². The van der Waals surface area contributed by atoms with E-state index in [0.29, 0.717) is 16.7 Å². The highest BCUT2D eigenvalue weighted by atomic mass is 16.3. The molecule has 0 fully saturated rings. The molecule has 0 aliphatic carbocycles. The Labute approximate surface area is 175 Å². The molecule has 0 bridgehead atoms. The fourth-order valence-electron chi connectivity index (χ4n) is 2.69. The molecule has 30 heavy (non-hydrogen) atoms. The van der Waals surface area contributed by atoms with E-state index < -0.39 is 11.5 Å². The van der Waals surface area contributed by atoms with Gasteiger partial charge in [-0.3, -0.25) is 4.79 Å². The van der Waals surface area contributed by atoms with Crippen LogP contribution in [0.5, 0.6) is 0 Å². The van der Waals surface area contributed by atoms with Crippen LogP contribution in [0.25, 0.3) is 16.6 Å². The molecule has 1 amide bonds. The van der Waals surface area contributed by atoms with Gasteiger partial charge in [0.1, 0.15) is 5.71 Å². The van der Waals surface area contributed by atoms with Crippen LogP contribution < -0.4 is 5.73 Å². The van der Waals surface area contributed by atoms with Gasteiger partial charge in [-0.05, 0) is 32.1 Å². The molecule has 3 N–H and O–H groups in total. The van der Waals surface area contributed by atoms with E-state index in [1.54, 1.807) is 22.9 Å². The van der Waals surface area contributed by atoms with Crippen LogP contribution in [0, 0.1) is 11.8 Å². The van der Waals surface area contributed by atoms with Crippen molar-refractivity contribution in [3.63, 3.8) is 0 Å². The lowest BCUT2D eigenvalue weighted by Gasteiger charge is -2.15. The maximum absolute atomic E-state index is 11.8. The van der Waals surface area contributed by atoms with Crippen LogP contribution in [-0.2, 0) is 0 Å². The second-order valence-electron chi connectivity index (χ2n) is 6.31. The highest BCUT2D eigenvalue weighted by Gasteiger charge is 2.23. The summed E-state index contributed by atoms with van der Waals surface area (Å²) in [5.41, 5.74) is 6.12. The van der Waals surface area contributed by atoms with E-state index in [4.69, 9.17) is 5.73 Å².